The molecule has 0 aliphatic carbocycles. The van der Waals surface area contributed by atoms with Crippen molar-refractivity contribution in [1.29, 1.82) is 0 Å². The van der Waals surface area contributed by atoms with Gasteiger partial charge in [-0.2, -0.15) is 0 Å². The van der Waals surface area contributed by atoms with E-state index in [-0.39, 0.29) is 5.91 Å². The van der Waals surface area contributed by atoms with Crippen LogP contribution in [-0.2, 0) is 4.74 Å². The number of amides is 1. The molecule has 0 fully saturated rings. The van der Waals surface area contributed by atoms with E-state index in [2.05, 4.69) is 26.0 Å². The Morgan fingerprint density at radius 1 is 1.31 bits per heavy atom. The molecule has 1 rings (SSSR count). The van der Waals surface area contributed by atoms with Crippen molar-refractivity contribution in [3.05, 3.63) is 33.8 Å². The summed E-state index contributed by atoms with van der Waals surface area (Å²) in [6.45, 7) is 2.37. The lowest BCUT2D eigenvalue weighted by molar-refractivity contribution is 0.0600. The molecule has 0 atom stereocenters. The van der Waals surface area contributed by atoms with Crippen LogP contribution in [0, 0.1) is 0 Å². The molecule has 1 aromatic rings. The van der Waals surface area contributed by atoms with Crippen LogP contribution in [0.4, 0.5) is 0 Å². The SMILES string of the molecule is CCNC(=O)c1cc(Br)cc(C(=O)OC)c1. The number of halogens is 1. The Bertz CT molecular complexity index is 418. The van der Waals surface area contributed by atoms with Crippen LogP contribution in [0.3, 0.4) is 0 Å². The van der Waals surface area contributed by atoms with E-state index < -0.39 is 5.97 Å². The van der Waals surface area contributed by atoms with E-state index in [4.69, 9.17) is 0 Å². The van der Waals surface area contributed by atoms with Crippen LogP contribution in [0.25, 0.3) is 0 Å². The Balaban J connectivity index is 3.07. The second-order valence-corrected chi connectivity index (χ2v) is 4.00. The largest absolute Gasteiger partial charge is 0.465 e. The first-order chi connectivity index (χ1) is 7.58. The van der Waals surface area contributed by atoms with Crippen LogP contribution < -0.4 is 5.32 Å². The van der Waals surface area contributed by atoms with Crippen molar-refractivity contribution in [3.63, 3.8) is 0 Å². The predicted molar refractivity (Wildman–Crippen MR) is 63.5 cm³/mol. The molecule has 86 valence electrons. The summed E-state index contributed by atoms with van der Waals surface area (Å²) in [4.78, 5) is 22.9. The van der Waals surface area contributed by atoms with Gasteiger partial charge < -0.3 is 10.1 Å². The van der Waals surface area contributed by atoms with Crippen LogP contribution in [0.1, 0.15) is 27.6 Å². The highest BCUT2D eigenvalue weighted by molar-refractivity contribution is 9.10. The topological polar surface area (TPSA) is 55.4 Å². The van der Waals surface area contributed by atoms with E-state index in [9.17, 15) is 9.59 Å². The number of carbonyl (C=O) groups is 2. The molecular weight excluding hydrogens is 274 g/mol. The molecule has 0 aromatic heterocycles. The minimum atomic E-state index is -0.466. The number of hydrogen-bond acceptors (Lipinski definition) is 3. The third-order valence-electron chi connectivity index (χ3n) is 1.92. The number of rotatable bonds is 3. The minimum absolute atomic E-state index is 0.214. The van der Waals surface area contributed by atoms with Gasteiger partial charge in [0.15, 0.2) is 0 Å². The highest BCUT2D eigenvalue weighted by Gasteiger charge is 2.11. The van der Waals surface area contributed by atoms with E-state index >= 15 is 0 Å². The van der Waals surface area contributed by atoms with Gasteiger partial charge in [0.1, 0.15) is 0 Å². The normalized spacial score (nSPS) is 9.69. The molecule has 0 unspecified atom stereocenters. The average Bonchev–Trinajstić information content (AvgIpc) is 2.27. The van der Waals surface area contributed by atoms with Gasteiger partial charge in [-0.05, 0) is 25.1 Å². The van der Waals surface area contributed by atoms with Gasteiger partial charge in [-0.3, -0.25) is 4.79 Å². The number of nitrogens with one attached hydrogen (secondary N) is 1. The fraction of sp³-hybridized carbons (Fsp3) is 0.273. The molecule has 0 aliphatic rings. The Labute approximate surface area is 102 Å². The van der Waals surface area contributed by atoms with Gasteiger partial charge in [-0.25, -0.2) is 4.79 Å². The van der Waals surface area contributed by atoms with Crippen LogP contribution >= 0.6 is 15.9 Å². The van der Waals surface area contributed by atoms with Crippen molar-refractivity contribution in [2.24, 2.45) is 0 Å². The highest BCUT2D eigenvalue weighted by Crippen LogP contribution is 2.16. The summed E-state index contributed by atoms with van der Waals surface area (Å²) in [5, 5.41) is 2.66. The Kier molecular flexibility index (Phi) is 4.49. The predicted octanol–water partition coefficient (Wildman–Crippen LogP) is 1.99. The van der Waals surface area contributed by atoms with Gasteiger partial charge >= 0.3 is 5.97 Å². The average molecular weight is 286 g/mol. The van der Waals surface area contributed by atoms with Crippen LogP contribution in [0.5, 0.6) is 0 Å². The summed E-state index contributed by atoms with van der Waals surface area (Å²) in [7, 11) is 1.30. The van der Waals surface area contributed by atoms with E-state index in [1.54, 1.807) is 12.1 Å². The highest BCUT2D eigenvalue weighted by atomic mass is 79.9. The fourth-order valence-electron chi connectivity index (χ4n) is 1.22. The van der Waals surface area contributed by atoms with Crippen LogP contribution in [0.15, 0.2) is 22.7 Å². The van der Waals surface area contributed by atoms with E-state index in [0.717, 1.165) is 0 Å². The van der Waals surface area contributed by atoms with Gasteiger partial charge in [-0.15, -0.1) is 0 Å². The Morgan fingerprint density at radius 2 is 1.94 bits per heavy atom. The molecule has 0 saturated heterocycles. The van der Waals surface area contributed by atoms with Crippen molar-refractivity contribution in [2.75, 3.05) is 13.7 Å². The first-order valence-electron chi connectivity index (χ1n) is 4.75. The molecule has 0 bridgehead atoms. The molecule has 0 aliphatic heterocycles. The first kappa shape index (κ1) is 12.7. The van der Waals surface area contributed by atoms with E-state index in [1.165, 1.54) is 13.2 Å². The molecule has 1 amide bonds. The lowest BCUT2D eigenvalue weighted by Gasteiger charge is -2.05. The molecule has 0 spiro atoms. The molecular formula is C11H12BrNO3. The minimum Gasteiger partial charge on any atom is -0.465 e. The van der Waals surface area contributed by atoms with Gasteiger partial charge in [0.05, 0.1) is 12.7 Å². The third-order valence-corrected chi connectivity index (χ3v) is 2.38. The number of methoxy groups -OCH3 is 1. The lowest BCUT2D eigenvalue weighted by atomic mass is 10.1. The molecule has 5 heteroatoms. The first-order valence-corrected chi connectivity index (χ1v) is 5.55. The second-order valence-electron chi connectivity index (χ2n) is 3.08. The number of esters is 1. The van der Waals surface area contributed by atoms with Gasteiger partial charge in [0, 0.05) is 16.6 Å². The molecule has 0 radical (unpaired) electrons. The van der Waals surface area contributed by atoms with Crippen molar-refractivity contribution < 1.29 is 14.3 Å². The number of ether oxygens (including phenoxy) is 1. The zero-order valence-corrected chi connectivity index (χ0v) is 10.6. The maximum absolute atomic E-state index is 11.6. The summed E-state index contributed by atoms with van der Waals surface area (Å²) in [5.41, 5.74) is 0.773. The standard InChI is InChI=1S/C11H12BrNO3/c1-3-13-10(14)7-4-8(11(15)16-2)6-9(12)5-7/h4-6H,3H2,1-2H3,(H,13,14). The van der Waals surface area contributed by atoms with Crippen LogP contribution in [0.2, 0.25) is 0 Å². The molecule has 4 nitrogen and oxygen atoms in total. The maximum Gasteiger partial charge on any atom is 0.337 e. The van der Waals surface area contributed by atoms with Crippen molar-refractivity contribution >= 4 is 27.8 Å². The summed E-state index contributed by atoms with van der Waals surface area (Å²) < 4.78 is 5.26. The summed E-state index contributed by atoms with van der Waals surface area (Å²) in [6.07, 6.45) is 0. The molecule has 1 aromatic carbocycles. The Hall–Kier alpha value is -1.36. The third kappa shape index (κ3) is 3.06. The van der Waals surface area contributed by atoms with E-state index in [0.29, 0.717) is 22.1 Å². The zero-order valence-electron chi connectivity index (χ0n) is 9.04. The maximum atomic E-state index is 11.6. The summed E-state index contributed by atoms with van der Waals surface area (Å²) in [5.74, 6) is -0.680. The van der Waals surface area contributed by atoms with Gasteiger partial charge in [0.25, 0.3) is 5.91 Å². The Morgan fingerprint density at radius 3 is 2.50 bits per heavy atom. The number of benzene rings is 1. The number of hydrogen-bond donors (Lipinski definition) is 1. The van der Waals surface area contributed by atoms with Gasteiger partial charge in [0.2, 0.25) is 0 Å². The molecule has 16 heavy (non-hydrogen) atoms. The van der Waals surface area contributed by atoms with Crippen molar-refractivity contribution in [2.45, 2.75) is 6.92 Å². The monoisotopic (exact) mass is 285 g/mol. The van der Waals surface area contributed by atoms with E-state index in [1.807, 2.05) is 6.92 Å². The number of carbonyl (C=O) groups excluding carboxylic acids is 2. The molecule has 0 heterocycles. The quantitative estimate of drug-likeness (QED) is 0.864. The summed E-state index contributed by atoms with van der Waals surface area (Å²) in [6, 6.07) is 4.76. The zero-order chi connectivity index (χ0) is 12.1. The van der Waals surface area contributed by atoms with Crippen molar-refractivity contribution in [1.82, 2.24) is 5.32 Å². The lowest BCUT2D eigenvalue weighted by Crippen LogP contribution is -2.23. The van der Waals surface area contributed by atoms with Crippen molar-refractivity contribution in [3.8, 4) is 0 Å². The second kappa shape index (κ2) is 5.65. The molecule has 0 saturated carbocycles. The smallest absolute Gasteiger partial charge is 0.337 e. The van der Waals surface area contributed by atoms with Crippen LogP contribution in [-0.4, -0.2) is 25.5 Å². The van der Waals surface area contributed by atoms with Gasteiger partial charge in [-0.1, -0.05) is 15.9 Å². The fourth-order valence-corrected chi connectivity index (χ4v) is 1.71. The summed E-state index contributed by atoms with van der Waals surface area (Å²) >= 11 is 3.24. The molecule has 1 N–H and O–H groups in total.